The molecule has 1 amide bonds. The Kier molecular flexibility index (Phi) is 7.07. The highest BCUT2D eigenvalue weighted by Gasteiger charge is 2.39. The van der Waals surface area contributed by atoms with E-state index in [0.717, 1.165) is 5.56 Å². The minimum Gasteiger partial charge on any atom is -0.389 e. The monoisotopic (exact) mass is 496 g/mol. The Balaban J connectivity index is 1.38. The molecule has 2 fully saturated rings. The number of ether oxygens (including phenoxy) is 1. The first-order valence-electron chi connectivity index (χ1n) is 10.8. The van der Waals surface area contributed by atoms with E-state index >= 15 is 0 Å². The summed E-state index contributed by atoms with van der Waals surface area (Å²) in [6, 6.07) is 12.2. The second-order valence-electron chi connectivity index (χ2n) is 8.51. The zero-order valence-electron chi connectivity index (χ0n) is 18.0. The normalized spacial score (nSPS) is 21.7. The third kappa shape index (κ3) is 5.38. The highest BCUT2D eigenvalue weighted by molar-refractivity contribution is 7.89. The minimum absolute atomic E-state index is 0.00333. The van der Waals surface area contributed by atoms with Crippen LogP contribution in [0.15, 0.2) is 53.4 Å². The lowest BCUT2D eigenvalue weighted by molar-refractivity contribution is -0.151. The van der Waals surface area contributed by atoms with Gasteiger partial charge in [-0.15, -0.1) is 0 Å². The number of piperidine rings is 1. The van der Waals surface area contributed by atoms with Gasteiger partial charge in [0.05, 0.1) is 17.2 Å². The second-order valence-corrected chi connectivity index (χ2v) is 10.8. The fourth-order valence-electron chi connectivity index (χ4n) is 4.29. The maximum Gasteiger partial charge on any atom is 0.253 e. The first-order chi connectivity index (χ1) is 15.7. The third-order valence-electron chi connectivity index (χ3n) is 6.21. The van der Waals surface area contributed by atoms with Crippen LogP contribution in [0.3, 0.4) is 0 Å². The fourth-order valence-corrected chi connectivity index (χ4v) is 6.21. The molecule has 0 aliphatic carbocycles. The molecule has 33 heavy (non-hydrogen) atoms. The predicted octanol–water partition coefficient (Wildman–Crippen LogP) is 2.46. The van der Waals surface area contributed by atoms with Gasteiger partial charge in [0.15, 0.2) is 0 Å². The van der Waals surface area contributed by atoms with Crippen molar-refractivity contribution < 1.29 is 27.4 Å². The van der Waals surface area contributed by atoms with Gasteiger partial charge in [-0.25, -0.2) is 12.8 Å². The number of carbonyl (C=O) groups excluding carboxylic acids is 1. The van der Waals surface area contributed by atoms with Gasteiger partial charge in [0.2, 0.25) is 10.0 Å². The Labute approximate surface area is 197 Å². The number of rotatable bonds is 5. The number of halogens is 2. The summed E-state index contributed by atoms with van der Waals surface area (Å²) in [5.41, 5.74) is -0.156. The van der Waals surface area contributed by atoms with Crippen LogP contribution in [-0.4, -0.2) is 73.1 Å². The molecule has 0 bridgehead atoms. The lowest BCUT2D eigenvalue weighted by Crippen LogP contribution is -2.55. The van der Waals surface area contributed by atoms with Crippen LogP contribution in [0, 0.1) is 5.82 Å². The summed E-state index contributed by atoms with van der Waals surface area (Å²) in [5, 5.41) is 11.1. The van der Waals surface area contributed by atoms with Crippen LogP contribution >= 0.6 is 11.6 Å². The number of aliphatic hydroxyl groups is 1. The molecule has 2 aromatic rings. The van der Waals surface area contributed by atoms with Gasteiger partial charge in [-0.1, -0.05) is 35.9 Å². The maximum absolute atomic E-state index is 13.1. The van der Waals surface area contributed by atoms with Crippen LogP contribution in [0.2, 0.25) is 5.02 Å². The molecule has 2 aliphatic rings. The molecule has 178 valence electrons. The van der Waals surface area contributed by atoms with Gasteiger partial charge in [0.25, 0.3) is 5.91 Å². The molecule has 7 nitrogen and oxygen atoms in total. The van der Waals surface area contributed by atoms with Crippen molar-refractivity contribution in [2.45, 2.75) is 35.9 Å². The van der Waals surface area contributed by atoms with E-state index in [-0.39, 0.29) is 41.3 Å². The summed E-state index contributed by atoms with van der Waals surface area (Å²) in [5.74, 6) is -0.623. The number of hydrogen-bond donors (Lipinski definition) is 1. The van der Waals surface area contributed by atoms with E-state index in [4.69, 9.17) is 16.3 Å². The number of amides is 1. The molecule has 0 radical (unpaired) electrons. The van der Waals surface area contributed by atoms with E-state index in [2.05, 4.69) is 0 Å². The predicted molar refractivity (Wildman–Crippen MR) is 121 cm³/mol. The highest BCUT2D eigenvalue weighted by Crippen LogP contribution is 2.29. The quantitative estimate of drug-likeness (QED) is 0.687. The Morgan fingerprint density at radius 1 is 1.12 bits per heavy atom. The van der Waals surface area contributed by atoms with Gasteiger partial charge < -0.3 is 14.7 Å². The van der Waals surface area contributed by atoms with Crippen LogP contribution in [0.5, 0.6) is 0 Å². The van der Waals surface area contributed by atoms with E-state index in [1.807, 2.05) is 0 Å². The van der Waals surface area contributed by atoms with Gasteiger partial charge in [-0.2, -0.15) is 4.31 Å². The van der Waals surface area contributed by atoms with Crippen LogP contribution in [-0.2, 0) is 26.0 Å². The standard InChI is InChI=1S/C23H26ClFN2O5S/c24-19-3-1-2-4-21(19)33(30,31)27-13-14-32-20(16-27)22(28)26-11-9-23(29,10-12-26)15-17-5-7-18(25)8-6-17/h1-8,20,29H,9-16H2/t20-/m1/s1. The third-order valence-corrected chi connectivity index (χ3v) is 8.58. The Morgan fingerprint density at radius 3 is 2.45 bits per heavy atom. The van der Waals surface area contributed by atoms with Crippen molar-refractivity contribution in [1.29, 1.82) is 0 Å². The van der Waals surface area contributed by atoms with Crippen LogP contribution in [0.1, 0.15) is 18.4 Å². The lowest BCUT2D eigenvalue weighted by atomic mass is 9.85. The number of hydrogen-bond acceptors (Lipinski definition) is 5. The average Bonchev–Trinajstić information content (AvgIpc) is 2.81. The number of nitrogens with zero attached hydrogens (tertiary/aromatic N) is 2. The van der Waals surface area contributed by atoms with Crippen molar-refractivity contribution in [1.82, 2.24) is 9.21 Å². The Bertz CT molecular complexity index is 1100. The highest BCUT2D eigenvalue weighted by atomic mass is 35.5. The fraction of sp³-hybridized carbons (Fsp3) is 0.435. The maximum atomic E-state index is 13.1. The molecule has 4 rings (SSSR count). The molecule has 0 aromatic heterocycles. The molecular formula is C23H26ClFN2O5S. The minimum atomic E-state index is -3.86. The number of morpholine rings is 1. The molecule has 2 heterocycles. The smallest absolute Gasteiger partial charge is 0.253 e. The summed E-state index contributed by atoms with van der Waals surface area (Å²) in [7, 11) is -3.86. The summed E-state index contributed by atoms with van der Waals surface area (Å²) in [6.45, 7) is 0.793. The molecule has 1 N–H and O–H groups in total. The van der Waals surface area contributed by atoms with Crippen LogP contribution in [0.4, 0.5) is 4.39 Å². The molecule has 0 saturated carbocycles. The number of carbonyl (C=O) groups is 1. The summed E-state index contributed by atoms with van der Waals surface area (Å²) in [6.07, 6.45) is 0.188. The van der Waals surface area contributed by atoms with Crippen molar-refractivity contribution in [3.8, 4) is 0 Å². The van der Waals surface area contributed by atoms with Crippen LogP contribution in [0.25, 0.3) is 0 Å². The number of sulfonamides is 1. The first-order valence-corrected chi connectivity index (χ1v) is 12.6. The molecule has 0 unspecified atom stereocenters. The van der Waals surface area contributed by atoms with Crippen molar-refractivity contribution in [2.24, 2.45) is 0 Å². The largest absolute Gasteiger partial charge is 0.389 e. The second kappa shape index (κ2) is 9.68. The number of benzene rings is 2. The lowest BCUT2D eigenvalue weighted by Gasteiger charge is -2.40. The Hall–Kier alpha value is -2.04. The van der Waals surface area contributed by atoms with E-state index in [1.54, 1.807) is 29.2 Å². The zero-order valence-corrected chi connectivity index (χ0v) is 19.6. The Morgan fingerprint density at radius 2 is 1.79 bits per heavy atom. The summed E-state index contributed by atoms with van der Waals surface area (Å²) < 4.78 is 46.0. The van der Waals surface area contributed by atoms with Gasteiger partial charge in [-0.05, 0) is 42.7 Å². The van der Waals surface area contributed by atoms with E-state index < -0.39 is 21.7 Å². The SMILES string of the molecule is O=C([C@H]1CN(S(=O)(=O)c2ccccc2Cl)CCO1)N1CCC(O)(Cc2ccc(F)cc2)CC1. The molecule has 10 heteroatoms. The van der Waals surface area contributed by atoms with E-state index in [1.165, 1.54) is 28.6 Å². The van der Waals surface area contributed by atoms with Gasteiger partial charge in [-0.3, -0.25) is 4.79 Å². The molecule has 1 atom stereocenters. The van der Waals surface area contributed by atoms with E-state index in [0.29, 0.717) is 32.4 Å². The average molecular weight is 497 g/mol. The van der Waals surface area contributed by atoms with Crippen molar-refractivity contribution in [2.75, 3.05) is 32.8 Å². The van der Waals surface area contributed by atoms with Gasteiger partial charge in [0, 0.05) is 32.6 Å². The molecule has 2 aliphatic heterocycles. The van der Waals surface area contributed by atoms with Gasteiger partial charge >= 0.3 is 0 Å². The molecule has 2 aromatic carbocycles. The summed E-state index contributed by atoms with van der Waals surface area (Å²) in [4.78, 5) is 14.7. The summed E-state index contributed by atoms with van der Waals surface area (Å²) >= 11 is 6.09. The van der Waals surface area contributed by atoms with Crippen molar-refractivity contribution in [3.05, 3.63) is 64.9 Å². The van der Waals surface area contributed by atoms with Gasteiger partial charge in [0.1, 0.15) is 16.8 Å². The topological polar surface area (TPSA) is 87.2 Å². The number of likely N-dealkylation sites (tertiary alicyclic amines) is 1. The van der Waals surface area contributed by atoms with Crippen molar-refractivity contribution in [3.63, 3.8) is 0 Å². The zero-order chi connectivity index (χ0) is 23.6. The van der Waals surface area contributed by atoms with Crippen molar-refractivity contribution >= 4 is 27.5 Å². The first kappa shape index (κ1) is 24.1. The van der Waals surface area contributed by atoms with Crippen LogP contribution < -0.4 is 0 Å². The van der Waals surface area contributed by atoms with E-state index in [9.17, 15) is 22.7 Å². The molecule has 0 spiro atoms. The molecular weight excluding hydrogens is 471 g/mol. The molecule has 2 saturated heterocycles.